The maximum atomic E-state index is 11.1. The molecule has 0 amide bonds. The van der Waals surface area contributed by atoms with Crippen molar-refractivity contribution in [2.45, 2.75) is 25.4 Å². The van der Waals surface area contributed by atoms with Crippen molar-refractivity contribution in [2.75, 3.05) is 7.11 Å². The van der Waals surface area contributed by atoms with E-state index in [1.807, 2.05) is 30.4 Å². The molecule has 1 aliphatic rings. The fourth-order valence-electron chi connectivity index (χ4n) is 2.03. The average molecular weight is 274 g/mol. The number of phenols is 1. The van der Waals surface area contributed by atoms with Crippen molar-refractivity contribution in [3.63, 3.8) is 0 Å². The first-order valence-electron chi connectivity index (χ1n) is 6.57. The molecule has 0 aromatic heterocycles. The van der Waals surface area contributed by atoms with E-state index in [-0.39, 0.29) is 17.8 Å². The molecule has 1 atom stereocenters. The number of benzene rings is 1. The molecule has 0 saturated heterocycles. The lowest BCUT2D eigenvalue weighted by atomic mass is 10.1. The Kier molecular flexibility index (Phi) is 4.82. The van der Waals surface area contributed by atoms with Crippen molar-refractivity contribution in [1.29, 1.82) is 0 Å². The van der Waals surface area contributed by atoms with E-state index in [4.69, 9.17) is 9.47 Å². The average Bonchev–Trinajstić information content (AvgIpc) is 2.45. The topological polar surface area (TPSA) is 55.8 Å². The highest BCUT2D eigenvalue weighted by molar-refractivity contribution is 5.82. The molecule has 1 aliphatic heterocycles. The van der Waals surface area contributed by atoms with Gasteiger partial charge in [0.15, 0.2) is 11.5 Å². The van der Waals surface area contributed by atoms with Gasteiger partial charge in [-0.15, -0.1) is 0 Å². The third-order valence-corrected chi connectivity index (χ3v) is 3.10. The van der Waals surface area contributed by atoms with E-state index in [1.165, 1.54) is 13.2 Å². The van der Waals surface area contributed by atoms with Crippen LogP contribution in [0.1, 0.15) is 18.4 Å². The van der Waals surface area contributed by atoms with Crippen LogP contribution in [0.2, 0.25) is 0 Å². The van der Waals surface area contributed by atoms with Gasteiger partial charge >= 0.3 is 5.97 Å². The van der Waals surface area contributed by atoms with Crippen LogP contribution < -0.4 is 4.74 Å². The summed E-state index contributed by atoms with van der Waals surface area (Å²) in [6.45, 7) is 0. The van der Waals surface area contributed by atoms with Gasteiger partial charge in [0.2, 0.25) is 0 Å². The Bertz CT molecular complexity index is 531. The van der Waals surface area contributed by atoms with E-state index >= 15 is 0 Å². The summed E-state index contributed by atoms with van der Waals surface area (Å²) >= 11 is 0. The molecule has 1 heterocycles. The lowest BCUT2D eigenvalue weighted by Gasteiger charge is -2.16. The van der Waals surface area contributed by atoms with Crippen LogP contribution in [0.25, 0.3) is 0 Å². The Morgan fingerprint density at radius 1 is 1.45 bits per heavy atom. The van der Waals surface area contributed by atoms with Gasteiger partial charge in [0.1, 0.15) is 6.10 Å². The van der Waals surface area contributed by atoms with E-state index in [0.717, 1.165) is 18.4 Å². The van der Waals surface area contributed by atoms with Gasteiger partial charge < -0.3 is 14.6 Å². The fourth-order valence-corrected chi connectivity index (χ4v) is 2.03. The van der Waals surface area contributed by atoms with Gasteiger partial charge in [-0.1, -0.05) is 24.3 Å². The fraction of sp³-hybridized carbons (Fsp3) is 0.312. The van der Waals surface area contributed by atoms with Crippen molar-refractivity contribution in [3.8, 4) is 11.5 Å². The number of hydrogen-bond donors (Lipinski definition) is 1. The molecule has 4 heteroatoms. The predicted octanol–water partition coefficient (Wildman–Crippen LogP) is 2.76. The Morgan fingerprint density at radius 3 is 3.05 bits per heavy atom. The van der Waals surface area contributed by atoms with E-state index in [9.17, 15) is 9.90 Å². The molecule has 0 radical (unpaired) electrons. The normalized spacial score (nSPS) is 18.2. The summed E-state index contributed by atoms with van der Waals surface area (Å²) in [5.74, 6) is 0.348. The van der Waals surface area contributed by atoms with Crippen molar-refractivity contribution in [3.05, 3.63) is 48.1 Å². The third-order valence-electron chi connectivity index (χ3n) is 3.10. The quantitative estimate of drug-likeness (QED) is 0.662. The van der Waals surface area contributed by atoms with Crippen molar-refractivity contribution in [2.24, 2.45) is 0 Å². The Hall–Kier alpha value is -2.23. The summed E-state index contributed by atoms with van der Waals surface area (Å²) in [5.41, 5.74) is 1.05. The van der Waals surface area contributed by atoms with Crippen LogP contribution in [-0.4, -0.2) is 24.3 Å². The van der Waals surface area contributed by atoms with E-state index < -0.39 is 0 Å². The molecule has 4 nitrogen and oxygen atoms in total. The summed E-state index contributed by atoms with van der Waals surface area (Å²) in [4.78, 5) is 11.1. The predicted molar refractivity (Wildman–Crippen MR) is 75.8 cm³/mol. The maximum Gasteiger partial charge on any atom is 0.330 e. The minimum atomic E-state index is -0.266. The smallest absolute Gasteiger partial charge is 0.330 e. The van der Waals surface area contributed by atoms with Crippen LogP contribution in [0.4, 0.5) is 0 Å². The van der Waals surface area contributed by atoms with E-state index in [2.05, 4.69) is 0 Å². The van der Waals surface area contributed by atoms with Crippen molar-refractivity contribution >= 4 is 5.97 Å². The molecule has 1 N–H and O–H groups in total. The molecule has 0 aliphatic carbocycles. The number of allylic oxidation sites excluding steroid dienone is 1. The molecule has 1 unspecified atom stereocenters. The molecule has 1 aromatic rings. The lowest BCUT2D eigenvalue weighted by molar-refractivity contribution is -0.143. The van der Waals surface area contributed by atoms with E-state index in [0.29, 0.717) is 12.2 Å². The molecule has 0 fully saturated rings. The lowest BCUT2D eigenvalue weighted by Crippen LogP contribution is -2.18. The first kappa shape index (κ1) is 14.2. The summed E-state index contributed by atoms with van der Waals surface area (Å²) in [6, 6.07) is 5.28. The number of hydrogen-bond acceptors (Lipinski definition) is 4. The molecule has 0 saturated carbocycles. The first-order valence-corrected chi connectivity index (χ1v) is 6.57. The number of carbonyl (C=O) groups is 1. The van der Waals surface area contributed by atoms with Gasteiger partial charge in [-0.05, 0) is 24.1 Å². The Labute approximate surface area is 118 Å². The monoisotopic (exact) mass is 274 g/mol. The number of rotatable bonds is 5. The minimum Gasteiger partial charge on any atom is -0.504 e. The molecule has 20 heavy (non-hydrogen) atoms. The number of phenolic OH excluding ortho intramolecular Hbond substituents is 1. The van der Waals surface area contributed by atoms with Gasteiger partial charge in [-0.2, -0.15) is 0 Å². The van der Waals surface area contributed by atoms with Crippen LogP contribution in [-0.2, 0) is 16.0 Å². The van der Waals surface area contributed by atoms with Crippen LogP contribution >= 0.6 is 0 Å². The number of esters is 1. The molecule has 106 valence electrons. The standard InChI is InChI=1S/C16H18O4/c1-19-15-11-12(9-10-14(15)17)5-2-3-6-13-7-4-8-16(18)20-13/h2-4,8-11,13,17H,5-7H2,1H3/b3-2+. The van der Waals surface area contributed by atoms with Crippen molar-refractivity contribution in [1.82, 2.24) is 0 Å². The van der Waals surface area contributed by atoms with Gasteiger partial charge in [0.25, 0.3) is 0 Å². The van der Waals surface area contributed by atoms with Gasteiger partial charge in [0, 0.05) is 18.9 Å². The number of aromatic hydroxyl groups is 1. The van der Waals surface area contributed by atoms with Crippen LogP contribution in [0.3, 0.4) is 0 Å². The highest BCUT2D eigenvalue weighted by Crippen LogP contribution is 2.26. The molecule has 0 bridgehead atoms. The molecular formula is C16H18O4. The Morgan fingerprint density at radius 2 is 2.30 bits per heavy atom. The van der Waals surface area contributed by atoms with Crippen molar-refractivity contribution < 1.29 is 19.4 Å². The van der Waals surface area contributed by atoms with Gasteiger partial charge in [0.05, 0.1) is 7.11 Å². The maximum absolute atomic E-state index is 11.1. The largest absolute Gasteiger partial charge is 0.504 e. The third kappa shape index (κ3) is 3.88. The molecular weight excluding hydrogens is 256 g/mol. The summed E-state index contributed by atoms with van der Waals surface area (Å²) in [7, 11) is 1.53. The zero-order valence-electron chi connectivity index (χ0n) is 11.4. The number of cyclic esters (lactones) is 1. The first-order chi connectivity index (χ1) is 9.69. The minimum absolute atomic E-state index is 0.0573. The molecule has 2 rings (SSSR count). The zero-order chi connectivity index (χ0) is 14.4. The number of ether oxygens (including phenoxy) is 2. The number of methoxy groups -OCH3 is 1. The van der Waals surface area contributed by atoms with Crippen LogP contribution in [0.5, 0.6) is 11.5 Å². The van der Waals surface area contributed by atoms with Gasteiger partial charge in [-0.25, -0.2) is 4.79 Å². The second kappa shape index (κ2) is 6.80. The summed E-state index contributed by atoms with van der Waals surface area (Å²) < 4.78 is 10.2. The van der Waals surface area contributed by atoms with Crippen LogP contribution in [0, 0.1) is 0 Å². The second-order valence-electron chi connectivity index (χ2n) is 4.61. The highest BCUT2D eigenvalue weighted by atomic mass is 16.5. The zero-order valence-corrected chi connectivity index (χ0v) is 11.4. The summed E-state index contributed by atoms with van der Waals surface area (Å²) in [6.07, 6.45) is 9.51. The van der Waals surface area contributed by atoms with E-state index in [1.54, 1.807) is 6.07 Å². The van der Waals surface area contributed by atoms with Gasteiger partial charge in [-0.3, -0.25) is 0 Å². The SMILES string of the molecule is COc1cc(C/C=C/CC2CC=CC(=O)O2)ccc1O. The number of carbonyl (C=O) groups excluding carboxylic acids is 1. The second-order valence-corrected chi connectivity index (χ2v) is 4.61. The Balaban J connectivity index is 1.84. The highest BCUT2D eigenvalue weighted by Gasteiger charge is 2.13. The molecule has 1 aromatic carbocycles. The van der Waals surface area contributed by atoms with Crippen LogP contribution in [0.15, 0.2) is 42.5 Å². The summed E-state index contributed by atoms with van der Waals surface area (Å²) in [5, 5.41) is 9.50. The molecule has 0 spiro atoms.